The third kappa shape index (κ3) is 2.31. The first-order valence-corrected chi connectivity index (χ1v) is 6.78. The van der Waals surface area contributed by atoms with E-state index < -0.39 is 23.6 Å². The molecule has 0 spiro atoms. The summed E-state index contributed by atoms with van der Waals surface area (Å²) in [4.78, 5) is 24.8. The van der Waals surface area contributed by atoms with Crippen LogP contribution in [0.1, 0.15) is 13.2 Å². The molecule has 1 fully saturated rings. The number of aliphatic hydroxyl groups excluding tert-OH is 1. The Morgan fingerprint density at radius 2 is 2.29 bits per heavy atom. The summed E-state index contributed by atoms with van der Waals surface area (Å²) >= 11 is 2.13. The monoisotopic (exact) mass is 352 g/mol. The minimum atomic E-state index is -0.601. The SMILES string of the molecule is CC1C(n2ccc(=O)[nH]c2=O)O[C@H](CI)[C@H]1O. The molecule has 2 N–H and O–H groups in total. The van der Waals surface area contributed by atoms with Gasteiger partial charge in [-0.1, -0.05) is 29.5 Å². The lowest BCUT2D eigenvalue weighted by atomic mass is 10.0. The van der Waals surface area contributed by atoms with Crippen LogP contribution in [0.15, 0.2) is 21.9 Å². The first kappa shape index (κ1) is 12.8. The van der Waals surface area contributed by atoms with Gasteiger partial charge in [-0.15, -0.1) is 0 Å². The molecule has 6 nitrogen and oxygen atoms in total. The molecule has 0 saturated carbocycles. The first-order valence-electron chi connectivity index (χ1n) is 5.25. The van der Waals surface area contributed by atoms with Crippen LogP contribution in [0.4, 0.5) is 0 Å². The zero-order valence-corrected chi connectivity index (χ0v) is 11.3. The Kier molecular flexibility index (Phi) is 3.69. The molecule has 1 aromatic heterocycles. The fourth-order valence-corrected chi connectivity index (χ4v) is 2.69. The number of nitrogens with one attached hydrogen (secondary N) is 1. The van der Waals surface area contributed by atoms with Crippen molar-refractivity contribution in [2.75, 3.05) is 4.43 Å². The largest absolute Gasteiger partial charge is 0.390 e. The van der Waals surface area contributed by atoms with Crippen LogP contribution in [0.5, 0.6) is 0 Å². The van der Waals surface area contributed by atoms with Gasteiger partial charge in [-0.05, 0) is 0 Å². The fourth-order valence-electron chi connectivity index (χ4n) is 1.97. The number of hydrogen-bond donors (Lipinski definition) is 2. The molecule has 0 aromatic carbocycles. The van der Waals surface area contributed by atoms with Gasteiger partial charge >= 0.3 is 5.69 Å². The predicted octanol–water partition coefficient (Wildman–Crippen LogP) is -0.134. The Morgan fingerprint density at radius 1 is 1.59 bits per heavy atom. The van der Waals surface area contributed by atoms with Crippen LogP contribution >= 0.6 is 22.6 Å². The molecule has 0 aliphatic carbocycles. The van der Waals surface area contributed by atoms with Gasteiger partial charge in [-0.25, -0.2) is 4.79 Å². The number of aromatic amines is 1. The van der Waals surface area contributed by atoms with E-state index >= 15 is 0 Å². The number of nitrogens with zero attached hydrogens (tertiary/aromatic N) is 1. The molecule has 94 valence electrons. The van der Waals surface area contributed by atoms with E-state index in [0.717, 1.165) is 0 Å². The highest BCUT2D eigenvalue weighted by atomic mass is 127. The second-order valence-electron chi connectivity index (χ2n) is 4.09. The smallest absolute Gasteiger partial charge is 0.330 e. The van der Waals surface area contributed by atoms with E-state index in [2.05, 4.69) is 27.6 Å². The summed E-state index contributed by atoms with van der Waals surface area (Å²) in [6.45, 7) is 1.82. The van der Waals surface area contributed by atoms with Gasteiger partial charge in [-0.2, -0.15) is 0 Å². The predicted molar refractivity (Wildman–Crippen MR) is 69.3 cm³/mol. The summed E-state index contributed by atoms with van der Waals surface area (Å²) in [5, 5.41) is 9.92. The van der Waals surface area contributed by atoms with E-state index in [1.165, 1.54) is 16.8 Å². The molecule has 17 heavy (non-hydrogen) atoms. The normalized spacial score (nSPS) is 32.9. The minimum Gasteiger partial charge on any atom is -0.390 e. The molecule has 4 atom stereocenters. The molecular weight excluding hydrogens is 339 g/mol. The minimum absolute atomic E-state index is 0.196. The van der Waals surface area contributed by atoms with Crippen molar-refractivity contribution >= 4 is 22.6 Å². The van der Waals surface area contributed by atoms with Crippen molar-refractivity contribution in [3.63, 3.8) is 0 Å². The summed E-state index contributed by atoms with van der Waals surface area (Å²) in [5.74, 6) is -0.196. The quantitative estimate of drug-likeness (QED) is 0.574. The van der Waals surface area contributed by atoms with Crippen LogP contribution in [0.2, 0.25) is 0 Å². The van der Waals surface area contributed by atoms with Crippen LogP contribution in [0.3, 0.4) is 0 Å². The van der Waals surface area contributed by atoms with Crippen LogP contribution in [-0.4, -0.2) is 31.3 Å². The average molecular weight is 352 g/mol. The van der Waals surface area contributed by atoms with Crippen LogP contribution in [0, 0.1) is 5.92 Å². The molecule has 7 heteroatoms. The third-order valence-electron chi connectivity index (χ3n) is 2.96. The molecule has 1 aliphatic heterocycles. The van der Waals surface area contributed by atoms with Crippen molar-refractivity contribution < 1.29 is 9.84 Å². The van der Waals surface area contributed by atoms with Crippen LogP contribution < -0.4 is 11.2 Å². The van der Waals surface area contributed by atoms with Gasteiger partial charge < -0.3 is 9.84 Å². The molecule has 1 aliphatic rings. The van der Waals surface area contributed by atoms with Crippen molar-refractivity contribution in [1.82, 2.24) is 9.55 Å². The van der Waals surface area contributed by atoms with E-state index in [1.807, 2.05) is 6.92 Å². The number of alkyl halides is 1. The highest BCUT2D eigenvalue weighted by Crippen LogP contribution is 2.34. The lowest BCUT2D eigenvalue weighted by Gasteiger charge is -2.17. The fraction of sp³-hybridized carbons (Fsp3) is 0.600. The number of H-pyrrole nitrogens is 1. The highest BCUT2D eigenvalue weighted by molar-refractivity contribution is 14.1. The third-order valence-corrected chi connectivity index (χ3v) is 3.83. The van der Waals surface area contributed by atoms with Crippen LogP contribution in [-0.2, 0) is 4.74 Å². The van der Waals surface area contributed by atoms with Gasteiger partial charge in [0.25, 0.3) is 5.56 Å². The number of aromatic nitrogens is 2. The van der Waals surface area contributed by atoms with Crippen molar-refractivity contribution in [2.45, 2.75) is 25.4 Å². The molecule has 0 bridgehead atoms. The molecule has 2 rings (SSSR count). The second-order valence-corrected chi connectivity index (χ2v) is 4.97. The Hall–Kier alpha value is -0.670. The van der Waals surface area contributed by atoms with Gasteiger partial charge in [0.1, 0.15) is 6.23 Å². The zero-order chi connectivity index (χ0) is 12.6. The van der Waals surface area contributed by atoms with Crippen molar-refractivity contribution in [3.05, 3.63) is 33.1 Å². The summed E-state index contributed by atoms with van der Waals surface area (Å²) in [5.41, 5.74) is -0.960. The van der Waals surface area contributed by atoms with E-state index in [-0.39, 0.29) is 12.0 Å². The number of ether oxygens (including phenoxy) is 1. The van der Waals surface area contributed by atoms with Crippen LogP contribution in [0.25, 0.3) is 0 Å². The topological polar surface area (TPSA) is 84.3 Å². The second kappa shape index (κ2) is 4.91. The maximum absolute atomic E-state index is 11.6. The lowest BCUT2D eigenvalue weighted by Crippen LogP contribution is -2.33. The molecule has 0 amide bonds. The maximum Gasteiger partial charge on any atom is 0.330 e. The van der Waals surface area contributed by atoms with E-state index in [0.29, 0.717) is 4.43 Å². The van der Waals surface area contributed by atoms with Crippen molar-refractivity contribution in [1.29, 1.82) is 0 Å². The van der Waals surface area contributed by atoms with E-state index in [1.54, 1.807) is 0 Å². The van der Waals surface area contributed by atoms with Gasteiger partial charge in [0.15, 0.2) is 0 Å². The lowest BCUT2D eigenvalue weighted by molar-refractivity contribution is -0.0106. The van der Waals surface area contributed by atoms with Gasteiger partial charge in [-0.3, -0.25) is 14.3 Å². The standard InChI is InChI=1S/C10H13IN2O4/c1-5-8(15)6(4-11)17-9(5)13-3-2-7(14)12-10(13)16/h2-3,5-6,8-9,15H,4H2,1H3,(H,12,14,16)/t5?,6-,8+,9?/m1/s1. The molecular formula is C10H13IN2O4. The Bertz CT molecular complexity index is 512. The Labute approximate surface area is 111 Å². The Morgan fingerprint density at radius 3 is 2.82 bits per heavy atom. The van der Waals surface area contributed by atoms with Gasteiger partial charge in [0, 0.05) is 22.6 Å². The number of hydrogen-bond acceptors (Lipinski definition) is 4. The Balaban J connectivity index is 2.35. The number of halogens is 1. The van der Waals surface area contributed by atoms with Crippen molar-refractivity contribution in [2.24, 2.45) is 5.92 Å². The zero-order valence-electron chi connectivity index (χ0n) is 9.17. The van der Waals surface area contributed by atoms with E-state index in [9.17, 15) is 14.7 Å². The first-order chi connectivity index (χ1) is 8.04. The summed E-state index contributed by atoms with van der Waals surface area (Å²) in [7, 11) is 0. The average Bonchev–Trinajstić information content (AvgIpc) is 2.57. The summed E-state index contributed by atoms with van der Waals surface area (Å²) in [6.07, 6.45) is -0.0239. The highest BCUT2D eigenvalue weighted by Gasteiger charge is 2.41. The summed E-state index contributed by atoms with van der Waals surface area (Å²) in [6, 6.07) is 1.27. The maximum atomic E-state index is 11.6. The van der Waals surface area contributed by atoms with Gasteiger partial charge in [0.2, 0.25) is 0 Å². The molecule has 1 saturated heterocycles. The molecule has 2 unspecified atom stereocenters. The molecule has 1 aromatic rings. The summed E-state index contributed by atoms with van der Waals surface area (Å²) < 4.78 is 7.58. The van der Waals surface area contributed by atoms with Gasteiger partial charge in [0.05, 0.1) is 12.2 Å². The molecule has 0 radical (unpaired) electrons. The number of aliphatic hydroxyl groups is 1. The molecule has 2 heterocycles. The number of rotatable bonds is 2. The van der Waals surface area contributed by atoms with Crippen molar-refractivity contribution in [3.8, 4) is 0 Å². The van der Waals surface area contributed by atoms with E-state index in [4.69, 9.17) is 4.74 Å².